The second-order valence-electron chi connectivity index (χ2n) is 3.30. The van der Waals surface area contributed by atoms with Gasteiger partial charge in [0.25, 0.3) is 0 Å². The van der Waals surface area contributed by atoms with Crippen LogP contribution in [0.2, 0.25) is 10.0 Å². The van der Waals surface area contributed by atoms with Crippen LogP contribution in [0, 0.1) is 0 Å². The van der Waals surface area contributed by atoms with Gasteiger partial charge in [0.2, 0.25) is 0 Å². The molecule has 0 radical (unpaired) electrons. The van der Waals surface area contributed by atoms with Crippen LogP contribution >= 0.6 is 39.1 Å². The number of aromatic nitrogens is 3. The van der Waals surface area contributed by atoms with E-state index in [-0.39, 0.29) is 4.83 Å². The maximum atomic E-state index is 5.93. The van der Waals surface area contributed by atoms with Gasteiger partial charge in [-0.2, -0.15) is 0 Å². The van der Waals surface area contributed by atoms with Gasteiger partial charge in [-0.1, -0.05) is 44.3 Å². The monoisotopic (exact) mass is 319 g/mol. The molecule has 0 fully saturated rings. The number of halogens is 3. The van der Waals surface area contributed by atoms with Gasteiger partial charge < -0.3 is 0 Å². The molecule has 1 atom stereocenters. The van der Waals surface area contributed by atoms with E-state index in [1.807, 2.05) is 19.2 Å². The third kappa shape index (κ3) is 2.39. The van der Waals surface area contributed by atoms with E-state index in [9.17, 15) is 0 Å². The van der Waals surface area contributed by atoms with Crippen molar-refractivity contribution in [1.82, 2.24) is 15.0 Å². The first-order valence-electron chi connectivity index (χ1n) is 4.59. The summed E-state index contributed by atoms with van der Waals surface area (Å²) in [4.78, 5) is 0.170. The number of alkyl halides is 1. The molecule has 0 bridgehead atoms. The summed E-state index contributed by atoms with van der Waals surface area (Å²) < 4.78 is 1.66. The molecule has 1 aromatic carbocycles. The molecule has 84 valence electrons. The molecule has 0 aliphatic heterocycles. The largest absolute Gasteiger partial charge is 0.220 e. The summed E-state index contributed by atoms with van der Waals surface area (Å²) in [6.45, 7) is 1.99. The van der Waals surface area contributed by atoms with Gasteiger partial charge in [0.15, 0.2) is 0 Å². The van der Waals surface area contributed by atoms with Gasteiger partial charge in [-0.05, 0) is 25.1 Å². The van der Waals surface area contributed by atoms with Gasteiger partial charge in [0.1, 0.15) is 0 Å². The number of hydrogen-bond acceptors (Lipinski definition) is 2. The first-order valence-corrected chi connectivity index (χ1v) is 6.27. The molecule has 6 heteroatoms. The first-order chi connectivity index (χ1) is 7.58. The lowest BCUT2D eigenvalue weighted by Crippen LogP contribution is -1.94. The minimum Gasteiger partial charge on any atom is -0.220 e. The normalized spacial score (nSPS) is 12.8. The molecule has 1 aromatic heterocycles. The highest BCUT2D eigenvalue weighted by Gasteiger charge is 2.08. The van der Waals surface area contributed by atoms with Crippen molar-refractivity contribution in [2.75, 3.05) is 0 Å². The molecular formula is C10H8BrCl2N3. The summed E-state index contributed by atoms with van der Waals surface area (Å²) in [5, 5.41) is 9.08. The third-order valence-electron chi connectivity index (χ3n) is 2.09. The molecule has 0 N–H and O–H groups in total. The Labute approximate surface area is 111 Å². The van der Waals surface area contributed by atoms with E-state index in [1.54, 1.807) is 16.8 Å². The standard InChI is InChI=1S/C10H8BrCl2N3/c1-6(11)10-5-16(15-14-10)7-2-3-8(12)9(13)4-7/h2-6H,1H3. The Morgan fingerprint density at radius 2 is 2.06 bits per heavy atom. The van der Waals surface area contributed by atoms with E-state index in [2.05, 4.69) is 26.2 Å². The maximum Gasteiger partial charge on any atom is 0.0965 e. The van der Waals surface area contributed by atoms with Crippen molar-refractivity contribution < 1.29 is 0 Å². The quantitative estimate of drug-likeness (QED) is 0.782. The maximum absolute atomic E-state index is 5.93. The Balaban J connectivity index is 2.39. The predicted octanol–water partition coefficient (Wildman–Crippen LogP) is 4.03. The molecule has 16 heavy (non-hydrogen) atoms. The average Bonchev–Trinajstić information content (AvgIpc) is 2.71. The van der Waals surface area contributed by atoms with E-state index < -0.39 is 0 Å². The summed E-state index contributed by atoms with van der Waals surface area (Å²) in [6.07, 6.45) is 1.85. The highest BCUT2D eigenvalue weighted by molar-refractivity contribution is 9.09. The molecule has 0 saturated heterocycles. The molecule has 0 spiro atoms. The fourth-order valence-corrected chi connectivity index (χ4v) is 1.71. The van der Waals surface area contributed by atoms with Crippen LogP contribution in [-0.2, 0) is 0 Å². The summed E-state index contributed by atoms with van der Waals surface area (Å²) >= 11 is 15.2. The number of hydrogen-bond donors (Lipinski definition) is 0. The fraction of sp³-hybridized carbons (Fsp3) is 0.200. The van der Waals surface area contributed by atoms with E-state index in [0.717, 1.165) is 11.4 Å². The first kappa shape index (κ1) is 11.9. The van der Waals surface area contributed by atoms with Crippen LogP contribution in [0.1, 0.15) is 17.4 Å². The van der Waals surface area contributed by atoms with Crippen LogP contribution in [0.3, 0.4) is 0 Å². The Kier molecular flexibility index (Phi) is 3.52. The zero-order valence-corrected chi connectivity index (χ0v) is 11.5. The second kappa shape index (κ2) is 4.73. The van der Waals surface area contributed by atoms with E-state index in [1.165, 1.54) is 0 Å². The van der Waals surface area contributed by atoms with E-state index >= 15 is 0 Å². The van der Waals surface area contributed by atoms with Crippen molar-refractivity contribution in [3.8, 4) is 5.69 Å². The lowest BCUT2D eigenvalue weighted by Gasteiger charge is -2.01. The molecule has 0 aliphatic rings. The van der Waals surface area contributed by atoms with Crippen LogP contribution in [0.25, 0.3) is 5.69 Å². The lowest BCUT2D eigenvalue weighted by atomic mass is 10.3. The minimum absolute atomic E-state index is 0.170. The molecule has 3 nitrogen and oxygen atoms in total. The average molecular weight is 321 g/mol. The Morgan fingerprint density at radius 1 is 1.31 bits per heavy atom. The minimum atomic E-state index is 0.170. The van der Waals surface area contributed by atoms with Crippen molar-refractivity contribution in [2.45, 2.75) is 11.8 Å². The second-order valence-corrected chi connectivity index (χ2v) is 5.49. The van der Waals surface area contributed by atoms with Gasteiger partial charge in [0, 0.05) is 0 Å². The fourth-order valence-electron chi connectivity index (χ4n) is 1.21. The van der Waals surface area contributed by atoms with Crippen LogP contribution < -0.4 is 0 Å². The zero-order chi connectivity index (χ0) is 11.7. The topological polar surface area (TPSA) is 30.7 Å². The molecule has 2 aromatic rings. The van der Waals surface area contributed by atoms with E-state index in [0.29, 0.717) is 10.0 Å². The molecule has 1 unspecified atom stereocenters. The van der Waals surface area contributed by atoms with Crippen molar-refractivity contribution >= 4 is 39.1 Å². The number of rotatable bonds is 2. The van der Waals surface area contributed by atoms with Gasteiger partial charge in [-0.15, -0.1) is 5.10 Å². The van der Waals surface area contributed by atoms with Gasteiger partial charge in [-0.3, -0.25) is 0 Å². The number of nitrogens with zero attached hydrogens (tertiary/aromatic N) is 3. The van der Waals surface area contributed by atoms with Gasteiger partial charge in [-0.25, -0.2) is 4.68 Å². The molecule has 1 heterocycles. The van der Waals surface area contributed by atoms with Gasteiger partial charge in [0.05, 0.1) is 32.5 Å². The molecular weight excluding hydrogens is 313 g/mol. The Bertz CT molecular complexity index is 511. The van der Waals surface area contributed by atoms with E-state index in [4.69, 9.17) is 23.2 Å². The highest BCUT2D eigenvalue weighted by atomic mass is 79.9. The van der Waals surface area contributed by atoms with Crippen molar-refractivity contribution in [1.29, 1.82) is 0 Å². The number of benzene rings is 1. The SMILES string of the molecule is CC(Br)c1cn(-c2ccc(Cl)c(Cl)c2)nn1. The summed E-state index contributed by atoms with van der Waals surface area (Å²) in [5.74, 6) is 0. The van der Waals surface area contributed by atoms with Crippen LogP contribution in [0.5, 0.6) is 0 Å². The van der Waals surface area contributed by atoms with Crippen LogP contribution in [-0.4, -0.2) is 15.0 Å². The zero-order valence-electron chi connectivity index (χ0n) is 8.36. The molecule has 0 aliphatic carbocycles. The van der Waals surface area contributed by atoms with Gasteiger partial charge >= 0.3 is 0 Å². The predicted molar refractivity (Wildman–Crippen MR) is 68.7 cm³/mol. The lowest BCUT2D eigenvalue weighted by molar-refractivity contribution is 0.797. The summed E-state index contributed by atoms with van der Waals surface area (Å²) in [6, 6.07) is 5.32. The molecule has 0 amide bonds. The molecule has 0 saturated carbocycles. The summed E-state index contributed by atoms with van der Waals surface area (Å²) in [5.41, 5.74) is 1.70. The Morgan fingerprint density at radius 3 is 2.62 bits per heavy atom. The van der Waals surface area contributed by atoms with Crippen LogP contribution in [0.15, 0.2) is 24.4 Å². The smallest absolute Gasteiger partial charge is 0.0965 e. The van der Waals surface area contributed by atoms with Crippen molar-refractivity contribution in [3.05, 3.63) is 40.1 Å². The molecule has 2 rings (SSSR count). The summed E-state index contributed by atoms with van der Waals surface area (Å²) in [7, 11) is 0. The van der Waals surface area contributed by atoms with Crippen molar-refractivity contribution in [2.24, 2.45) is 0 Å². The van der Waals surface area contributed by atoms with Crippen molar-refractivity contribution in [3.63, 3.8) is 0 Å². The third-order valence-corrected chi connectivity index (χ3v) is 3.29. The van der Waals surface area contributed by atoms with Crippen LogP contribution in [0.4, 0.5) is 0 Å². The Hall–Kier alpha value is -0.580. The highest BCUT2D eigenvalue weighted by Crippen LogP contribution is 2.25.